The molecule has 1 saturated carbocycles. The number of rotatable bonds is 3. The van der Waals surface area contributed by atoms with Gasteiger partial charge in [-0.1, -0.05) is 25.1 Å². The number of hydrogen-bond acceptors (Lipinski definition) is 1. The number of hydrogen-bond donors (Lipinski definition) is 1. The van der Waals surface area contributed by atoms with E-state index >= 15 is 0 Å². The van der Waals surface area contributed by atoms with Gasteiger partial charge in [-0.3, -0.25) is 0 Å². The van der Waals surface area contributed by atoms with Crippen LogP contribution in [-0.2, 0) is 0 Å². The molecule has 3 unspecified atom stereocenters. The van der Waals surface area contributed by atoms with Crippen LogP contribution >= 0.6 is 0 Å². The highest BCUT2D eigenvalue weighted by molar-refractivity contribution is 5.35. The van der Waals surface area contributed by atoms with Gasteiger partial charge in [-0.25, -0.2) is 0 Å². The molecule has 1 aromatic carbocycles. The molecule has 0 saturated heterocycles. The molecule has 0 bridgehead atoms. The Hall–Kier alpha value is -0.820. The number of benzene rings is 1. The smallest absolute Gasteiger partial charge is 0.0297 e. The van der Waals surface area contributed by atoms with Gasteiger partial charge in [0.15, 0.2) is 0 Å². The fourth-order valence-electron chi connectivity index (χ4n) is 2.21. The third-order valence-electron chi connectivity index (χ3n) is 3.69. The highest BCUT2D eigenvalue weighted by Gasteiger charge is 2.33. The van der Waals surface area contributed by atoms with Crippen molar-refractivity contribution in [1.82, 2.24) is 5.32 Å². The molecule has 1 aromatic rings. The normalized spacial score (nSPS) is 26.4. The largest absolute Gasteiger partial charge is 0.307 e. The minimum atomic E-state index is 0.486. The van der Waals surface area contributed by atoms with Gasteiger partial charge in [0.1, 0.15) is 0 Å². The molecule has 0 radical (unpaired) electrons. The van der Waals surface area contributed by atoms with E-state index in [4.69, 9.17) is 0 Å². The Morgan fingerprint density at radius 3 is 2.60 bits per heavy atom. The van der Waals surface area contributed by atoms with Gasteiger partial charge in [0.25, 0.3) is 0 Å². The second kappa shape index (κ2) is 3.97. The van der Waals surface area contributed by atoms with E-state index in [1.807, 2.05) is 0 Å². The summed E-state index contributed by atoms with van der Waals surface area (Å²) in [7, 11) is 0. The summed E-state index contributed by atoms with van der Waals surface area (Å²) >= 11 is 0. The molecule has 82 valence electrons. The first kappa shape index (κ1) is 10.7. The lowest BCUT2D eigenvalue weighted by molar-refractivity contribution is 0.549. The Bertz CT molecular complexity index is 356. The third-order valence-corrected chi connectivity index (χ3v) is 3.69. The molecular weight excluding hydrogens is 182 g/mol. The van der Waals surface area contributed by atoms with Gasteiger partial charge in [-0.15, -0.1) is 0 Å². The molecule has 1 nitrogen and oxygen atoms in total. The lowest BCUT2D eigenvalue weighted by atomic mass is 9.98. The van der Waals surface area contributed by atoms with Crippen LogP contribution in [0.2, 0.25) is 0 Å². The summed E-state index contributed by atoms with van der Waals surface area (Å²) in [5.74, 6) is 0.873. The van der Waals surface area contributed by atoms with E-state index in [-0.39, 0.29) is 0 Å². The van der Waals surface area contributed by atoms with E-state index in [9.17, 15) is 0 Å². The molecule has 1 aliphatic carbocycles. The van der Waals surface area contributed by atoms with Crippen molar-refractivity contribution < 1.29 is 0 Å². The van der Waals surface area contributed by atoms with Crippen molar-refractivity contribution in [2.75, 3.05) is 0 Å². The van der Waals surface area contributed by atoms with E-state index in [1.165, 1.54) is 23.1 Å². The molecule has 0 spiro atoms. The number of nitrogens with one attached hydrogen (secondary N) is 1. The SMILES string of the molecule is Cc1cccc(C(C)NC2CC2C)c1C. The van der Waals surface area contributed by atoms with E-state index < -0.39 is 0 Å². The molecule has 1 heteroatoms. The fourth-order valence-corrected chi connectivity index (χ4v) is 2.21. The predicted octanol–water partition coefficient (Wildman–Crippen LogP) is 3.36. The highest BCUT2D eigenvalue weighted by Crippen LogP contribution is 2.32. The van der Waals surface area contributed by atoms with Crippen LogP contribution in [0.3, 0.4) is 0 Å². The minimum Gasteiger partial charge on any atom is -0.307 e. The summed E-state index contributed by atoms with van der Waals surface area (Å²) in [6, 6.07) is 7.82. The quantitative estimate of drug-likeness (QED) is 0.794. The van der Waals surface area contributed by atoms with Crippen LogP contribution in [-0.4, -0.2) is 6.04 Å². The first-order valence-electron chi connectivity index (χ1n) is 5.91. The molecular formula is C14H21N. The standard InChI is InChI=1S/C14H21N/c1-9-6-5-7-13(11(9)3)12(4)15-14-8-10(14)2/h5-7,10,12,14-15H,8H2,1-4H3. The van der Waals surface area contributed by atoms with Gasteiger partial charge < -0.3 is 5.32 Å². The Morgan fingerprint density at radius 2 is 2.00 bits per heavy atom. The molecule has 0 amide bonds. The van der Waals surface area contributed by atoms with Gasteiger partial charge in [-0.2, -0.15) is 0 Å². The maximum Gasteiger partial charge on any atom is 0.0297 e. The molecule has 2 rings (SSSR count). The van der Waals surface area contributed by atoms with Crippen LogP contribution in [0, 0.1) is 19.8 Å². The Labute approximate surface area is 92.9 Å². The summed E-state index contributed by atoms with van der Waals surface area (Å²) in [5.41, 5.74) is 4.28. The van der Waals surface area contributed by atoms with Crippen molar-refractivity contribution >= 4 is 0 Å². The van der Waals surface area contributed by atoms with Crippen molar-refractivity contribution in [1.29, 1.82) is 0 Å². The molecule has 3 atom stereocenters. The summed E-state index contributed by atoms with van der Waals surface area (Å²) < 4.78 is 0. The Kier molecular flexibility index (Phi) is 2.83. The first-order valence-corrected chi connectivity index (χ1v) is 5.91. The molecule has 15 heavy (non-hydrogen) atoms. The summed E-state index contributed by atoms with van der Waals surface area (Å²) in [6.07, 6.45) is 1.34. The topological polar surface area (TPSA) is 12.0 Å². The van der Waals surface area contributed by atoms with Gasteiger partial charge in [-0.05, 0) is 49.8 Å². The van der Waals surface area contributed by atoms with Crippen LogP contribution in [0.1, 0.15) is 43.0 Å². The van der Waals surface area contributed by atoms with Crippen LogP contribution in [0.25, 0.3) is 0 Å². The number of aryl methyl sites for hydroxylation is 1. The zero-order valence-electron chi connectivity index (χ0n) is 10.2. The highest BCUT2D eigenvalue weighted by atomic mass is 15.0. The van der Waals surface area contributed by atoms with Crippen LogP contribution in [0.5, 0.6) is 0 Å². The monoisotopic (exact) mass is 203 g/mol. The van der Waals surface area contributed by atoms with Gasteiger partial charge in [0.05, 0.1) is 0 Å². The lowest BCUT2D eigenvalue weighted by Crippen LogP contribution is -2.22. The molecule has 1 aliphatic rings. The van der Waals surface area contributed by atoms with Crippen molar-refractivity contribution in [3.63, 3.8) is 0 Å². The Morgan fingerprint density at radius 1 is 1.33 bits per heavy atom. The summed E-state index contributed by atoms with van der Waals surface area (Å²) in [5, 5.41) is 3.69. The van der Waals surface area contributed by atoms with Crippen molar-refractivity contribution in [3.8, 4) is 0 Å². The third kappa shape index (κ3) is 2.23. The molecule has 0 aliphatic heterocycles. The van der Waals surface area contributed by atoms with Crippen molar-refractivity contribution in [2.45, 2.75) is 46.2 Å². The van der Waals surface area contributed by atoms with Crippen LogP contribution in [0.4, 0.5) is 0 Å². The van der Waals surface area contributed by atoms with Gasteiger partial charge in [0, 0.05) is 12.1 Å². The maximum atomic E-state index is 3.69. The van der Waals surface area contributed by atoms with Crippen LogP contribution in [0.15, 0.2) is 18.2 Å². The Balaban J connectivity index is 2.11. The predicted molar refractivity (Wildman–Crippen MR) is 65.0 cm³/mol. The fraction of sp³-hybridized carbons (Fsp3) is 0.571. The van der Waals surface area contributed by atoms with E-state index in [1.54, 1.807) is 0 Å². The molecule has 1 fully saturated rings. The van der Waals surface area contributed by atoms with Gasteiger partial charge >= 0.3 is 0 Å². The van der Waals surface area contributed by atoms with E-state index in [0.29, 0.717) is 6.04 Å². The first-order chi connectivity index (χ1) is 7.09. The average Bonchev–Trinajstić information content (AvgIpc) is 2.86. The molecule has 1 N–H and O–H groups in total. The van der Waals surface area contributed by atoms with Crippen molar-refractivity contribution in [3.05, 3.63) is 34.9 Å². The summed E-state index contributed by atoms with van der Waals surface area (Å²) in [6.45, 7) is 8.99. The second-order valence-electron chi connectivity index (χ2n) is 5.00. The maximum absolute atomic E-state index is 3.69. The minimum absolute atomic E-state index is 0.486. The second-order valence-corrected chi connectivity index (χ2v) is 5.00. The van der Waals surface area contributed by atoms with Gasteiger partial charge in [0.2, 0.25) is 0 Å². The van der Waals surface area contributed by atoms with E-state index in [0.717, 1.165) is 12.0 Å². The molecule has 0 aromatic heterocycles. The summed E-state index contributed by atoms with van der Waals surface area (Å²) in [4.78, 5) is 0. The lowest BCUT2D eigenvalue weighted by Gasteiger charge is -2.17. The average molecular weight is 203 g/mol. The zero-order chi connectivity index (χ0) is 11.0. The zero-order valence-corrected chi connectivity index (χ0v) is 10.2. The van der Waals surface area contributed by atoms with Crippen molar-refractivity contribution in [2.24, 2.45) is 5.92 Å². The molecule has 0 heterocycles. The van der Waals surface area contributed by atoms with E-state index in [2.05, 4.69) is 51.2 Å². The van der Waals surface area contributed by atoms with Crippen LogP contribution < -0.4 is 5.32 Å².